The lowest BCUT2D eigenvalue weighted by molar-refractivity contribution is -0.121. The van der Waals surface area contributed by atoms with Crippen LogP contribution in [0.15, 0.2) is 33.7 Å². The Labute approximate surface area is 137 Å². The molecule has 0 unspecified atom stereocenters. The number of aliphatic imine (C=N–C) groups is 1. The van der Waals surface area contributed by atoms with Crippen molar-refractivity contribution in [3.05, 3.63) is 34.3 Å². The molecule has 0 fully saturated rings. The fourth-order valence-corrected chi connectivity index (χ4v) is 2.33. The smallest absolute Gasteiger partial charge is 0.262 e. The first-order valence-electron chi connectivity index (χ1n) is 7.17. The summed E-state index contributed by atoms with van der Waals surface area (Å²) in [7, 11) is 0. The molecule has 0 saturated heterocycles. The van der Waals surface area contributed by atoms with Gasteiger partial charge in [-0.05, 0) is 24.1 Å². The van der Waals surface area contributed by atoms with Gasteiger partial charge in [0.2, 0.25) is 5.91 Å². The number of rotatable bonds is 2. The van der Waals surface area contributed by atoms with E-state index >= 15 is 0 Å². The highest BCUT2D eigenvalue weighted by Crippen LogP contribution is 2.12. The average Bonchev–Trinajstić information content (AvgIpc) is 2.51. The molecule has 22 heavy (non-hydrogen) atoms. The third-order valence-corrected chi connectivity index (χ3v) is 3.77. The number of benzene rings is 1. The summed E-state index contributed by atoms with van der Waals surface area (Å²) in [5, 5.41) is 8.85. The fourth-order valence-electron chi connectivity index (χ4n) is 2.06. The summed E-state index contributed by atoms with van der Waals surface area (Å²) in [5.41, 5.74) is 1.01. The maximum Gasteiger partial charge on any atom is 0.262 e. The van der Waals surface area contributed by atoms with Crippen molar-refractivity contribution < 1.29 is 9.59 Å². The molecule has 1 heterocycles. The van der Waals surface area contributed by atoms with Gasteiger partial charge in [-0.2, -0.15) is 0 Å². The van der Waals surface area contributed by atoms with Crippen LogP contribution in [-0.2, 0) is 16.0 Å². The van der Waals surface area contributed by atoms with Gasteiger partial charge in [0.15, 0.2) is 0 Å². The monoisotopic (exact) mass is 366 g/mol. The number of amides is 2. The Morgan fingerprint density at radius 1 is 1.18 bits per heavy atom. The summed E-state index contributed by atoms with van der Waals surface area (Å²) in [5.74, 6) is -0.391. The van der Waals surface area contributed by atoms with Crippen molar-refractivity contribution in [3.63, 3.8) is 0 Å². The molecule has 1 aromatic rings. The lowest BCUT2D eigenvalue weighted by Gasteiger charge is -2.16. The largest absolute Gasteiger partial charge is 0.354 e. The fraction of sp³-hybridized carbons (Fsp3) is 0.400. The Balaban J connectivity index is 2.06. The van der Waals surface area contributed by atoms with E-state index in [0.29, 0.717) is 26.1 Å². The minimum Gasteiger partial charge on any atom is -0.354 e. The molecule has 1 aliphatic heterocycles. The molecular weight excluding hydrogens is 348 g/mol. The van der Waals surface area contributed by atoms with E-state index in [4.69, 9.17) is 0 Å². The van der Waals surface area contributed by atoms with Gasteiger partial charge in [-0.1, -0.05) is 28.1 Å². The molecule has 1 aliphatic rings. The number of carbonyl (C=O) groups excluding carboxylic acids is 2. The van der Waals surface area contributed by atoms with Gasteiger partial charge in [0.05, 0.1) is 12.6 Å². The van der Waals surface area contributed by atoms with Crippen LogP contribution in [0.3, 0.4) is 0 Å². The maximum absolute atomic E-state index is 12.2. The third-order valence-electron chi connectivity index (χ3n) is 3.24. The van der Waals surface area contributed by atoms with Gasteiger partial charge in [0, 0.05) is 30.3 Å². The molecule has 118 valence electrons. The number of carbonyl (C=O) groups is 2. The van der Waals surface area contributed by atoms with E-state index in [-0.39, 0.29) is 18.4 Å². The van der Waals surface area contributed by atoms with Gasteiger partial charge >= 0.3 is 0 Å². The first-order chi connectivity index (χ1) is 10.6. The molecule has 7 heteroatoms. The topological polar surface area (TPSA) is 82.6 Å². The van der Waals surface area contributed by atoms with Crippen LogP contribution in [0, 0.1) is 0 Å². The summed E-state index contributed by atoms with van der Waals surface area (Å²) in [6.45, 7) is 1.81. The molecule has 2 rings (SSSR count). The molecule has 1 aromatic carbocycles. The van der Waals surface area contributed by atoms with E-state index in [0.717, 1.165) is 10.0 Å². The molecule has 0 radical (unpaired) electrons. The maximum atomic E-state index is 12.2. The summed E-state index contributed by atoms with van der Waals surface area (Å²) < 4.78 is 0.984. The third kappa shape index (κ3) is 5.67. The van der Waals surface area contributed by atoms with Crippen LogP contribution in [0.2, 0.25) is 0 Å². The second-order valence-electron chi connectivity index (χ2n) is 4.97. The minimum absolute atomic E-state index is 0.0997. The molecular formula is C15H19BrN4O2. The van der Waals surface area contributed by atoms with Crippen molar-refractivity contribution in [2.75, 3.05) is 26.2 Å². The van der Waals surface area contributed by atoms with E-state index < -0.39 is 6.04 Å². The van der Waals surface area contributed by atoms with E-state index in [1.54, 1.807) is 6.21 Å². The minimum atomic E-state index is -0.511. The second-order valence-corrected chi connectivity index (χ2v) is 5.88. The number of hydrogen-bond donors (Lipinski definition) is 3. The van der Waals surface area contributed by atoms with Crippen LogP contribution in [0.5, 0.6) is 0 Å². The van der Waals surface area contributed by atoms with Gasteiger partial charge in [-0.15, -0.1) is 0 Å². The highest BCUT2D eigenvalue weighted by Gasteiger charge is 2.19. The Kier molecular flexibility index (Phi) is 6.70. The Hall–Kier alpha value is -1.57. The van der Waals surface area contributed by atoms with Crippen LogP contribution in [0.1, 0.15) is 5.56 Å². The average molecular weight is 367 g/mol. The summed E-state index contributed by atoms with van der Waals surface area (Å²) in [6.07, 6.45) is 2.06. The quantitative estimate of drug-likeness (QED) is 0.701. The highest BCUT2D eigenvalue weighted by atomic mass is 79.9. The molecule has 0 saturated carbocycles. The number of hydrogen-bond acceptors (Lipinski definition) is 4. The lowest BCUT2D eigenvalue weighted by Crippen LogP contribution is -2.45. The summed E-state index contributed by atoms with van der Waals surface area (Å²) >= 11 is 3.38. The van der Waals surface area contributed by atoms with Gasteiger partial charge < -0.3 is 10.6 Å². The van der Waals surface area contributed by atoms with Crippen LogP contribution >= 0.6 is 15.9 Å². The predicted molar refractivity (Wildman–Crippen MR) is 89.0 cm³/mol. The first kappa shape index (κ1) is 16.8. The molecule has 0 bridgehead atoms. The molecule has 2 amide bonds. The molecule has 3 N–H and O–H groups in total. The summed E-state index contributed by atoms with van der Waals surface area (Å²) in [4.78, 5) is 27.8. The van der Waals surface area contributed by atoms with E-state index in [9.17, 15) is 9.59 Å². The highest BCUT2D eigenvalue weighted by molar-refractivity contribution is 9.10. The van der Waals surface area contributed by atoms with Crippen molar-refractivity contribution in [1.82, 2.24) is 16.0 Å². The van der Waals surface area contributed by atoms with E-state index in [1.807, 2.05) is 24.3 Å². The zero-order valence-electron chi connectivity index (χ0n) is 12.1. The van der Waals surface area contributed by atoms with Gasteiger partial charge in [-0.3, -0.25) is 14.9 Å². The number of nitrogens with zero attached hydrogens (tertiary/aromatic N) is 1. The van der Waals surface area contributed by atoms with Gasteiger partial charge in [0.25, 0.3) is 5.91 Å². The molecule has 0 spiro atoms. The van der Waals surface area contributed by atoms with Gasteiger partial charge in [0.1, 0.15) is 0 Å². The zero-order chi connectivity index (χ0) is 15.8. The number of nitrogens with one attached hydrogen (secondary N) is 3. The van der Waals surface area contributed by atoms with E-state index in [1.165, 1.54) is 0 Å². The van der Waals surface area contributed by atoms with Crippen LogP contribution in [0.4, 0.5) is 0 Å². The van der Waals surface area contributed by atoms with Gasteiger partial charge in [-0.25, -0.2) is 4.99 Å². The zero-order valence-corrected chi connectivity index (χ0v) is 13.7. The summed E-state index contributed by atoms with van der Waals surface area (Å²) in [6, 6.07) is 7.23. The Morgan fingerprint density at radius 2 is 1.95 bits per heavy atom. The normalized spacial score (nSPS) is 20.9. The van der Waals surface area contributed by atoms with Crippen molar-refractivity contribution in [3.8, 4) is 0 Å². The van der Waals surface area contributed by atoms with Crippen LogP contribution < -0.4 is 16.0 Å². The SMILES string of the molecule is O=C1CN[C@@H](Cc2ccc(Br)cc2)C(=O)N=CCNCCN1. The van der Waals surface area contributed by atoms with Crippen LogP contribution in [0.25, 0.3) is 0 Å². The molecule has 1 atom stereocenters. The standard InChI is InChI=1S/C15H19BrN4O2/c16-12-3-1-11(2-4-12)9-13-15(22)19-8-6-17-5-7-18-14(21)10-20-13/h1-4,8,13,17,20H,5-7,9-10H2,(H,18,21)/t13-/m0/s1. The second kappa shape index (κ2) is 8.77. The Bertz CT molecular complexity index is 545. The van der Waals surface area contributed by atoms with Crippen molar-refractivity contribution in [2.45, 2.75) is 12.5 Å². The van der Waals surface area contributed by atoms with E-state index in [2.05, 4.69) is 36.9 Å². The first-order valence-corrected chi connectivity index (χ1v) is 7.96. The van der Waals surface area contributed by atoms with Crippen LogP contribution in [-0.4, -0.2) is 50.2 Å². The molecule has 0 aliphatic carbocycles. The van der Waals surface area contributed by atoms with Crippen molar-refractivity contribution >= 4 is 34.0 Å². The van der Waals surface area contributed by atoms with Crippen molar-refractivity contribution in [1.29, 1.82) is 0 Å². The number of halogens is 1. The lowest BCUT2D eigenvalue weighted by atomic mass is 10.1. The predicted octanol–water partition coefficient (Wildman–Crippen LogP) is 0.267. The molecule has 0 aromatic heterocycles. The molecule has 6 nitrogen and oxygen atoms in total. The van der Waals surface area contributed by atoms with Crippen molar-refractivity contribution in [2.24, 2.45) is 4.99 Å². The Morgan fingerprint density at radius 3 is 2.73 bits per heavy atom.